The van der Waals surface area contributed by atoms with Crippen molar-refractivity contribution >= 4 is 26.9 Å². The number of benzene rings is 2. The molecule has 1 heterocycles. The molecule has 1 aliphatic rings. The Hall–Kier alpha value is -2.40. The van der Waals surface area contributed by atoms with E-state index in [2.05, 4.69) is 5.32 Å². The van der Waals surface area contributed by atoms with Crippen molar-refractivity contribution in [3.8, 4) is 0 Å². The molecular weight excluding hydrogens is 298 g/mol. The van der Waals surface area contributed by atoms with E-state index in [1.165, 1.54) is 6.26 Å². The van der Waals surface area contributed by atoms with Crippen molar-refractivity contribution in [1.29, 1.82) is 0 Å². The van der Waals surface area contributed by atoms with E-state index < -0.39 is 9.84 Å². The molecule has 5 heteroatoms. The lowest BCUT2D eigenvalue weighted by molar-refractivity contribution is -0.114. The van der Waals surface area contributed by atoms with Crippen molar-refractivity contribution < 1.29 is 13.2 Å². The maximum Gasteiger partial charge on any atom is 0.252 e. The Morgan fingerprint density at radius 3 is 2.14 bits per heavy atom. The molecule has 1 amide bonds. The lowest BCUT2D eigenvalue weighted by Crippen LogP contribution is -2.16. The minimum absolute atomic E-state index is 0.103. The summed E-state index contributed by atoms with van der Waals surface area (Å²) in [4.78, 5) is 12.4. The van der Waals surface area contributed by atoms with Gasteiger partial charge in [0.05, 0.1) is 10.5 Å². The first-order valence-corrected chi connectivity index (χ1v) is 8.73. The molecule has 0 fully saturated rings. The summed E-state index contributed by atoms with van der Waals surface area (Å²) >= 11 is 0. The van der Waals surface area contributed by atoms with E-state index in [0.717, 1.165) is 16.7 Å². The molecule has 1 N–H and O–H groups in total. The highest BCUT2D eigenvalue weighted by atomic mass is 32.2. The number of sulfone groups is 1. The third-order valence-corrected chi connectivity index (χ3v) is 4.78. The van der Waals surface area contributed by atoms with Gasteiger partial charge in [-0.2, -0.15) is 0 Å². The van der Waals surface area contributed by atoms with Crippen LogP contribution in [0.1, 0.15) is 11.1 Å². The summed E-state index contributed by atoms with van der Waals surface area (Å²) in [6, 6.07) is 16.1. The number of carbonyl (C=O) groups is 1. The zero-order valence-electron chi connectivity index (χ0n) is 12.0. The largest absolute Gasteiger partial charge is 0.348 e. The van der Waals surface area contributed by atoms with E-state index in [4.69, 9.17) is 0 Å². The standard InChI is InChI=1S/C17H15NO3S/c1-22(20,21)14-9-7-12(8-10-14)15-11-18-17(19)16(15)13-5-3-2-4-6-13/h2-10H,11H2,1H3,(H,18,19). The molecule has 0 saturated heterocycles. The fourth-order valence-electron chi connectivity index (χ4n) is 2.54. The molecule has 0 aliphatic carbocycles. The molecule has 0 aromatic heterocycles. The van der Waals surface area contributed by atoms with Gasteiger partial charge in [-0.3, -0.25) is 4.79 Å². The van der Waals surface area contributed by atoms with Gasteiger partial charge >= 0.3 is 0 Å². The van der Waals surface area contributed by atoms with Crippen LogP contribution in [0.4, 0.5) is 0 Å². The van der Waals surface area contributed by atoms with Crippen molar-refractivity contribution in [2.75, 3.05) is 12.8 Å². The van der Waals surface area contributed by atoms with Crippen LogP contribution < -0.4 is 5.32 Å². The fraction of sp³-hybridized carbons (Fsp3) is 0.118. The van der Waals surface area contributed by atoms with Gasteiger partial charge < -0.3 is 5.32 Å². The van der Waals surface area contributed by atoms with Gasteiger partial charge in [0.1, 0.15) is 0 Å². The second-order valence-electron chi connectivity index (χ2n) is 5.20. The summed E-state index contributed by atoms with van der Waals surface area (Å²) in [5.74, 6) is -0.103. The molecular formula is C17H15NO3S. The van der Waals surface area contributed by atoms with E-state index >= 15 is 0 Å². The van der Waals surface area contributed by atoms with Gasteiger partial charge in [-0.25, -0.2) is 8.42 Å². The second kappa shape index (κ2) is 5.42. The van der Waals surface area contributed by atoms with Crippen LogP contribution in [0.15, 0.2) is 59.5 Å². The maximum absolute atomic E-state index is 12.1. The number of hydrogen-bond donors (Lipinski definition) is 1. The normalized spacial score (nSPS) is 15.0. The van der Waals surface area contributed by atoms with Gasteiger partial charge in [0, 0.05) is 12.8 Å². The van der Waals surface area contributed by atoms with Crippen LogP contribution in [-0.2, 0) is 14.6 Å². The van der Waals surface area contributed by atoms with Crippen LogP contribution in [-0.4, -0.2) is 27.1 Å². The fourth-order valence-corrected chi connectivity index (χ4v) is 3.17. The molecule has 3 rings (SSSR count). The SMILES string of the molecule is CS(=O)(=O)c1ccc(C2=C(c3ccccc3)C(=O)NC2)cc1. The summed E-state index contributed by atoms with van der Waals surface area (Å²) in [6.45, 7) is 0.446. The molecule has 2 aromatic rings. The van der Waals surface area contributed by atoms with Crippen molar-refractivity contribution in [2.24, 2.45) is 0 Å². The third kappa shape index (κ3) is 2.67. The molecule has 1 aliphatic heterocycles. The van der Waals surface area contributed by atoms with Gasteiger partial charge in [-0.1, -0.05) is 42.5 Å². The molecule has 22 heavy (non-hydrogen) atoms. The van der Waals surface area contributed by atoms with Crippen LogP contribution in [0.25, 0.3) is 11.1 Å². The van der Waals surface area contributed by atoms with Gasteiger partial charge in [0.15, 0.2) is 9.84 Å². The Balaban J connectivity index is 2.09. The Labute approximate surface area is 129 Å². The smallest absolute Gasteiger partial charge is 0.252 e. The molecule has 0 bridgehead atoms. The lowest BCUT2D eigenvalue weighted by atomic mass is 9.97. The molecule has 4 nitrogen and oxygen atoms in total. The first kappa shape index (κ1) is 14.5. The van der Waals surface area contributed by atoms with E-state index in [1.54, 1.807) is 24.3 Å². The Kier molecular flexibility index (Phi) is 3.58. The summed E-state index contributed by atoms with van der Waals surface area (Å²) in [5.41, 5.74) is 3.24. The number of rotatable bonds is 3. The minimum Gasteiger partial charge on any atom is -0.348 e. The van der Waals surface area contributed by atoms with Crippen LogP contribution in [0.5, 0.6) is 0 Å². The van der Waals surface area contributed by atoms with Gasteiger partial charge in [0.25, 0.3) is 5.91 Å². The molecule has 0 unspecified atom stereocenters. The molecule has 0 spiro atoms. The minimum atomic E-state index is -3.22. The maximum atomic E-state index is 12.1. The molecule has 112 valence electrons. The number of carbonyl (C=O) groups excluding carboxylic acids is 1. The summed E-state index contributed by atoms with van der Waals surface area (Å²) < 4.78 is 23.0. The summed E-state index contributed by atoms with van der Waals surface area (Å²) in [5, 5.41) is 2.83. The molecule has 0 radical (unpaired) electrons. The van der Waals surface area contributed by atoms with E-state index in [1.807, 2.05) is 30.3 Å². The Bertz CT molecular complexity index is 851. The van der Waals surface area contributed by atoms with Crippen molar-refractivity contribution in [3.05, 3.63) is 65.7 Å². The third-order valence-electron chi connectivity index (χ3n) is 3.65. The Morgan fingerprint density at radius 2 is 1.55 bits per heavy atom. The molecule has 0 saturated carbocycles. The average Bonchev–Trinajstić information content (AvgIpc) is 2.89. The van der Waals surface area contributed by atoms with E-state index in [9.17, 15) is 13.2 Å². The number of nitrogens with one attached hydrogen (secondary N) is 1. The predicted octanol–water partition coefficient (Wildman–Crippen LogP) is 2.13. The van der Waals surface area contributed by atoms with Crippen LogP contribution in [0.2, 0.25) is 0 Å². The van der Waals surface area contributed by atoms with Crippen LogP contribution in [0, 0.1) is 0 Å². The van der Waals surface area contributed by atoms with Crippen molar-refractivity contribution in [3.63, 3.8) is 0 Å². The van der Waals surface area contributed by atoms with Crippen molar-refractivity contribution in [1.82, 2.24) is 5.32 Å². The van der Waals surface area contributed by atoms with Gasteiger partial charge in [-0.15, -0.1) is 0 Å². The first-order chi connectivity index (χ1) is 10.5. The predicted molar refractivity (Wildman–Crippen MR) is 85.8 cm³/mol. The van der Waals surface area contributed by atoms with Crippen LogP contribution in [0.3, 0.4) is 0 Å². The topological polar surface area (TPSA) is 63.2 Å². The van der Waals surface area contributed by atoms with E-state index in [0.29, 0.717) is 12.1 Å². The molecule has 2 aromatic carbocycles. The van der Waals surface area contributed by atoms with Crippen molar-refractivity contribution in [2.45, 2.75) is 4.90 Å². The average molecular weight is 313 g/mol. The van der Waals surface area contributed by atoms with Gasteiger partial charge in [-0.05, 0) is 28.8 Å². The molecule has 0 atom stereocenters. The van der Waals surface area contributed by atoms with Gasteiger partial charge in [0.2, 0.25) is 0 Å². The highest BCUT2D eigenvalue weighted by Gasteiger charge is 2.24. The lowest BCUT2D eigenvalue weighted by Gasteiger charge is -2.07. The quantitative estimate of drug-likeness (QED) is 0.944. The Morgan fingerprint density at radius 1 is 0.909 bits per heavy atom. The summed E-state index contributed by atoms with van der Waals surface area (Å²) in [6.07, 6.45) is 1.18. The van der Waals surface area contributed by atoms with Crippen LogP contribution >= 0.6 is 0 Å². The second-order valence-corrected chi connectivity index (χ2v) is 7.21. The summed E-state index contributed by atoms with van der Waals surface area (Å²) in [7, 11) is -3.22. The monoisotopic (exact) mass is 313 g/mol. The highest BCUT2D eigenvalue weighted by molar-refractivity contribution is 7.90. The zero-order valence-corrected chi connectivity index (χ0v) is 12.9. The number of amides is 1. The first-order valence-electron chi connectivity index (χ1n) is 6.84. The highest BCUT2D eigenvalue weighted by Crippen LogP contribution is 2.30. The zero-order chi connectivity index (χ0) is 15.7. The van der Waals surface area contributed by atoms with E-state index in [-0.39, 0.29) is 10.8 Å². The number of hydrogen-bond acceptors (Lipinski definition) is 3.